The summed E-state index contributed by atoms with van der Waals surface area (Å²) in [6.45, 7) is 0. The minimum Gasteiger partial charge on any atom is -0.491 e. The number of aryl methyl sites for hydroxylation is 1. The van der Waals surface area contributed by atoms with Gasteiger partial charge in [-0.2, -0.15) is 5.10 Å². The molecule has 6 heteroatoms. The van der Waals surface area contributed by atoms with Gasteiger partial charge in [-0.15, -0.1) is 0 Å². The molecule has 1 aromatic carbocycles. The van der Waals surface area contributed by atoms with Crippen molar-refractivity contribution in [1.29, 1.82) is 0 Å². The molecular formula is C17H19F2N3O. The lowest BCUT2D eigenvalue weighted by Crippen LogP contribution is -2.42. The number of ether oxygens (including phenoxy) is 1. The molecule has 1 fully saturated rings. The summed E-state index contributed by atoms with van der Waals surface area (Å²) in [5, 5.41) is 8.23. The Balaban J connectivity index is 1.86. The van der Waals surface area contributed by atoms with E-state index in [2.05, 4.69) is 10.4 Å². The Morgan fingerprint density at radius 1 is 1.26 bits per heavy atom. The molecule has 2 bridgehead atoms. The highest BCUT2D eigenvalue weighted by Crippen LogP contribution is 2.39. The maximum Gasteiger partial charge on any atom is 0.190 e. The van der Waals surface area contributed by atoms with Crippen LogP contribution in [0, 0.1) is 11.6 Å². The summed E-state index contributed by atoms with van der Waals surface area (Å²) < 4.78 is 34.7. The number of fused-ring (bicyclic) bond motifs is 4. The van der Waals surface area contributed by atoms with Gasteiger partial charge in [-0.25, -0.2) is 8.78 Å². The summed E-state index contributed by atoms with van der Waals surface area (Å²) in [4.78, 5) is 0. The standard InChI is InChI=1S/C17H19F2N3O/c1-22-16(9-6-12(18)17(23-2)13(19)7-9)11-8-10-4-3-5-14(20-10)15(11)21-22/h6-7,10,14,20H,3-5,8H2,1-2H3. The largest absolute Gasteiger partial charge is 0.491 e. The lowest BCUT2D eigenvalue weighted by Gasteiger charge is -2.35. The van der Waals surface area contributed by atoms with E-state index in [1.54, 1.807) is 4.68 Å². The van der Waals surface area contributed by atoms with Gasteiger partial charge >= 0.3 is 0 Å². The smallest absolute Gasteiger partial charge is 0.190 e. The Kier molecular flexibility index (Phi) is 3.37. The summed E-state index contributed by atoms with van der Waals surface area (Å²) in [6, 6.07) is 3.34. The SMILES string of the molecule is COc1c(F)cc(-c2c3c(nn2C)C2CCCC(C3)N2)cc1F. The molecule has 0 spiro atoms. The molecule has 0 aliphatic carbocycles. The summed E-state index contributed by atoms with van der Waals surface area (Å²) in [5.41, 5.74) is 3.45. The quantitative estimate of drug-likeness (QED) is 0.924. The van der Waals surface area contributed by atoms with Crippen molar-refractivity contribution in [1.82, 2.24) is 15.1 Å². The Hall–Kier alpha value is -1.95. The van der Waals surface area contributed by atoms with Crippen LogP contribution in [0.1, 0.15) is 36.6 Å². The normalized spacial score (nSPS) is 22.8. The number of piperidine rings is 1. The lowest BCUT2D eigenvalue weighted by atomic mass is 9.84. The van der Waals surface area contributed by atoms with E-state index < -0.39 is 11.6 Å². The first-order valence-electron chi connectivity index (χ1n) is 7.93. The van der Waals surface area contributed by atoms with Crippen molar-refractivity contribution in [2.24, 2.45) is 7.05 Å². The van der Waals surface area contributed by atoms with E-state index in [1.165, 1.54) is 25.7 Å². The number of methoxy groups -OCH3 is 1. The molecule has 23 heavy (non-hydrogen) atoms. The van der Waals surface area contributed by atoms with Crippen LogP contribution in [-0.4, -0.2) is 22.9 Å². The molecule has 3 heterocycles. The van der Waals surface area contributed by atoms with E-state index in [9.17, 15) is 8.78 Å². The van der Waals surface area contributed by atoms with Crippen molar-refractivity contribution in [3.8, 4) is 17.0 Å². The maximum absolute atomic E-state index is 14.1. The predicted octanol–water partition coefficient (Wildman–Crippen LogP) is 3.11. The summed E-state index contributed by atoms with van der Waals surface area (Å²) >= 11 is 0. The molecule has 0 radical (unpaired) electrons. The van der Waals surface area contributed by atoms with Gasteiger partial charge in [-0.1, -0.05) is 0 Å². The fraction of sp³-hybridized carbons (Fsp3) is 0.471. The zero-order valence-electron chi connectivity index (χ0n) is 13.2. The van der Waals surface area contributed by atoms with Gasteiger partial charge in [0, 0.05) is 24.2 Å². The summed E-state index contributed by atoms with van der Waals surface area (Å²) in [7, 11) is 3.09. The minimum atomic E-state index is -0.688. The molecule has 0 saturated carbocycles. The molecule has 2 aromatic rings. The predicted molar refractivity (Wildman–Crippen MR) is 82.3 cm³/mol. The average Bonchev–Trinajstić information content (AvgIpc) is 2.83. The first-order chi connectivity index (χ1) is 11.1. The monoisotopic (exact) mass is 319 g/mol. The van der Waals surface area contributed by atoms with Gasteiger partial charge in [-0.3, -0.25) is 4.68 Å². The molecule has 122 valence electrons. The highest BCUT2D eigenvalue weighted by molar-refractivity contribution is 5.67. The zero-order valence-corrected chi connectivity index (χ0v) is 13.2. The first kappa shape index (κ1) is 14.6. The zero-order chi connectivity index (χ0) is 16.1. The van der Waals surface area contributed by atoms with Crippen LogP contribution in [-0.2, 0) is 13.5 Å². The Morgan fingerprint density at radius 3 is 2.70 bits per heavy atom. The van der Waals surface area contributed by atoms with E-state index in [4.69, 9.17) is 4.74 Å². The first-order valence-corrected chi connectivity index (χ1v) is 7.93. The second-order valence-electron chi connectivity index (χ2n) is 6.36. The van der Waals surface area contributed by atoms with Crippen molar-refractivity contribution in [3.63, 3.8) is 0 Å². The Bertz CT molecular complexity index is 748. The maximum atomic E-state index is 14.1. The second kappa shape index (κ2) is 5.30. The molecule has 1 saturated heterocycles. The van der Waals surface area contributed by atoms with E-state index >= 15 is 0 Å². The van der Waals surface area contributed by atoms with Crippen molar-refractivity contribution in [2.75, 3.05) is 7.11 Å². The van der Waals surface area contributed by atoms with Gasteiger partial charge in [0.1, 0.15) is 0 Å². The molecule has 0 amide bonds. The van der Waals surface area contributed by atoms with Crippen molar-refractivity contribution in [3.05, 3.63) is 35.0 Å². The van der Waals surface area contributed by atoms with Crippen LogP contribution in [0.2, 0.25) is 0 Å². The van der Waals surface area contributed by atoms with E-state index in [0.29, 0.717) is 11.6 Å². The van der Waals surface area contributed by atoms with Crippen LogP contribution in [0.25, 0.3) is 11.3 Å². The van der Waals surface area contributed by atoms with Crippen LogP contribution in [0.4, 0.5) is 8.78 Å². The molecule has 1 N–H and O–H groups in total. The molecular weight excluding hydrogens is 300 g/mol. The van der Waals surface area contributed by atoms with Gasteiger partial charge in [0.25, 0.3) is 0 Å². The average molecular weight is 319 g/mol. The number of halogens is 2. The Labute approximate surface area is 133 Å². The number of nitrogens with one attached hydrogen (secondary N) is 1. The summed E-state index contributed by atoms with van der Waals surface area (Å²) in [6.07, 6.45) is 4.24. The molecule has 4 rings (SSSR count). The number of rotatable bonds is 2. The van der Waals surface area contributed by atoms with E-state index in [-0.39, 0.29) is 11.8 Å². The number of hydrogen-bond acceptors (Lipinski definition) is 3. The van der Waals surface area contributed by atoms with E-state index in [0.717, 1.165) is 36.2 Å². The van der Waals surface area contributed by atoms with Crippen molar-refractivity contribution < 1.29 is 13.5 Å². The molecule has 2 unspecified atom stereocenters. The van der Waals surface area contributed by atoms with Crippen molar-refractivity contribution in [2.45, 2.75) is 37.8 Å². The van der Waals surface area contributed by atoms with Crippen LogP contribution < -0.4 is 10.1 Å². The number of benzene rings is 1. The highest BCUT2D eigenvalue weighted by atomic mass is 19.1. The van der Waals surface area contributed by atoms with Crippen LogP contribution in [0.3, 0.4) is 0 Å². The highest BCUT2D eigenvalue weighted by Gasteiger charge is 2.34. The topological polar surface area (TPSA) is 39.1 Å². The van der Waals surface area contributed by atoms with Gasteiger partial charge in [0.2, 0.25) is 0 Å². The number of nitrogens with zero attached hydrogens (tertiary/aromatic N) is 2. The molecule has 1 aromatic heterocycles. The van der Waals surface area contributed by atoms with Crippen molar-refractivity contribution >= 4 is 0 Å². The minimum absolute atomic E-state index is 0.255. The third kappa shape index (κ3) is 2.24. The molecule has 2 aliphatic heterocycles. The van der Waals surface area contributed by atoms with Gasteiger partial charge < -0.3 is 10.1 Å². The second-order valence-corrected chi connectivity index (χ2v) is 6.36. The van der Waals surface area contributed by atoms with E-state index in [1.807, 2.05) is 7.05 Å². The van der Waals surface area contributed by atoms with Gasteiger partial charge in [-0.05, 0) is 37.8 Å². The lowest BCUT2D eigenvalue weighted by molar-refractivity contribution is 0.297. The summed E-state index contributed by atoms with van der Waals surface area (Å²) in [5.74, 6) is -1.72. The molecule has 4 nitrogen and oxygen atoms in total. The van der Waals surface area contributed by atoms with Crippen LogP contribution in [0.15, 0.2) is 12.1 Å². The fourth-order valence-corrected chi connectivity index (χ4v) is 3.97. The third-order valence-electron chi connectivity index (χ3n) is 4.92. The number of aromatic nitrogens is 2. The number of hydrogen-bond donors (Lipinski definition) is 1. The molecule has 2 aliphatic rings. The van der Waals surface area contributed by atoms with Crippen LogP contribution in [0.5, 0.6) is 5.75 Å². The Morgan fingerprint density at radius 2 is 2.00 bits per heavy atom. The van der Waals surface area contributed by atoms with Crippen LogP contribution >= 0.6 is 0 Å². The van der Waals surface area contributed by atoms with Gasteiger partial charge in [0.05, 0.1) is 24.5 Å². The third-order valence-corrected chi connectivity index (χ3v) is 4.92. The fourth-order valence-electron chi connectivity index (χ4n) is 3.97. The molecule has 2 atom stereocenters. The van der Waals surface area contributed by atoms with Gasteiger partial charge in [0.15, 0.2) is 17.4 Å².